The summed E-state index contributed by atoms with van der Waals surface area (Å²) in [5, 5.41) is 6.09. The van der Waals surface area contributed by atoms with Crippen LogP contribution < -0.4 is 24.8 Å². The number of benzene rings is 2. The molecule has 2 heterocycles. The Morgan fingerprint density at radius 1 is 1.10 bits per heavy atom. The molecule has 212 valence electrons. The van der Waals surface area contributed by atoms with Gasteiger partial charge in [-0.15, -0.1) is 0 Å². The summed E-state index contributed by atoms with van der Waals surface area (Å²) in [4.78, 5) is 17.6. The Morgan fingerprint density at radius 2 is 1.82 bits per heavy atom. The maximum absolute atomic E-state index is 13.6. The Labute approximate surface area is 228 Å². The third-order valence-corrected chi connectivity index (χ3v) is 6.38. The van der Waals surface area contributed by atoms with E-state index in [-0.39, 0.29) is 17.1 Å². The number of nitrogens with zero attached hydrogens (tertiary/aromatic N) is 2. The van der Waals surface area contributed by atoms with Crippen molar-refractivity contribution in [1.82, 2.24) is 14.9 Å². The van der Waals surface area contributed by atoms with Crippen LogP contribution in [0.1, 0.15) is 21.7 Å². The van der Waals surface area contributed by atoms with Crippen LogP contribution in [-0.2, 0) is 29.8 Å². The second-order valence-corrected chi connectivity index (χ2v) is 10.6. The molecule has 0 saturated heterocycles. The molecule has 0 atom stereocenters. The first kappa shape index (κ1) is 28.7. The van der Waals surface area contributed by atoms with Gasteiger partial charge in [0.1, 0.15) is 11.4 Å². The van der Waals surface area contributed by atoms with Crippen LogP contribution in [0.4, 0.5) is 24.5 Å². The van der Waals surface area contributed by atoms with E-state index in [1.807, 2.05) is 4.72 Å². The third kappa shape index (κ3) is 6.29. The first-order valence-corrected chi connectivity index (χ1v) is 13.6. The number of ether oxygens (including phenoxy) is 2. The molecule has 0 unspecified atom stereocenters. The molecule has 3 N–H and O–H groups in total. The Bertz CT molecular complexity index is 1690. The van der Waals surface area contributed by atoms with Crippen molar-refractivity contribution in [2.75, 3.05) is 30.5 Å². The van der Waals surface area contributed by atoms with Gasteiger partial charge in [-0.2, -0.15) is 13.2 Å². The molecule has 4 rings (SSSR count). The lowest BCUT2D eigenvalue weighted by atomic mass is 10.1. The topological polar surface area (TPSA) is 124 Å². The number of rotatable bonds is 9. The minimum atomic E-state index is -4.83. The lowest BCUT2D eigenvalue weighted by Gasteiger charge is -2.18. The maximum atomic E-state index is 13.6. The van der Waals surface area contributed by atoms with Crippen LogP contribution in [0.2, 0.25) is 0 Å². The van der Waals surface area contributed by atoms with E-state index in [0.717, 1.165) is 19.1 Å². The van der Waals surface area contributed by atoms with Crippen LogP contribution in [0.3, 0.4) is 0 Å². The number of pyridine rings is 1. The third-order valence-electron chi connectivity index (χ3n) is 5.79. The highest BCUT2D eigenvalue weighted by Gasteiger charge is 2.33. The van der Waals surface area contributed by atoms with Gasteiger partial charge in [-0.05, 0) is 37.4 Å². The molecule has 0 aliphatic carbocycles. The second-order valence-electron chi connectivity index (χ2n) is 8.83. The number of nitrogens with one attached hydrogen (secondary N) is 3. The summed E-state index contributed by atoms with van der Waals surface area (Å²) >= 11 is 0. The molecular formula is C26H26F3N5O5S. The molecule has 4 aromatic rings. The highest BCUT2D eigenvalue weighted by Crippen LogP contribution is 2.41. The molecule has 1 amide bonds. The van der Waals surface area contributed by atoms with E-state index in [0.29, 0.717) is 41.1 Å². The number of hydrogen-bond donors (Lipinski definition) is 3. The van der Waals surface area contributed by atoms with Gasteiger partial charge in [0.2, 0.25) is 10.0 Å². The van der Waals surface area contributed by atoms with Gasteiger partial charge < -0.3 is 24.7 Å². The van der Waals surface area contributed by atoms with Crippen LogP contribution in [-0.4, -0.2) is 44.3 Å². The molecular weight excluding hydrogens is 551 g/mol. The zero-order valence-electron chi connectivity index (χ0n) is 21.9. The van der Waals surface area contributed by atoms with Crippen molar-refractivity contribution in [2.24, 2.45) is 7.05 Å². The maximum Gasteiger partial charge on any atom is 0.416 e. The second kappa shape index (κ2) is 11.1. The Hall–Kier alpha value is -4.30. The number of fused-ring (bicyclic) bond motifs is 1. The molecule has 0 bridgehead atoms. The average molecular weight is 578 g/mol. The molecule has 2 aromatic heterocycles. The van der Waals surface area contributed by atoms with E-state index in [9.17, 15) is 26.4 Å². The molecule has 0 aliphatic heterocycles. The monoisotopic (exact) mass is 577 g/mol. The van der Waals surface area contributed by atoms with E-state index in [4.69, 9.17) is 9.47 Å². The van der Waals surface area contributed by atoms with Gasteiger partial charge in [0.25, 0.3) is 5.91 Å². The average Bonchev–Trinajstić information content (AvgIpc) is 3.20. The molecule has 0 spiro atoms. The normalized spacial score (nSPS) is 11.9. The fourth-order valence-electron chi connectivity index (χ4n) is 4.17. The quantitative estimate of drug-likeness (QED) is 0.263. The first-order valence-electron chi connectivity index (χ1n) is 11.7. The van der Waals surface area contributed by atoms with Gasteiger partial charge in [-0.3, -0.25) is 14.5 Å². The number of para-hydroxylation sites is 1. The van der Waals surface area contributed by atoms with Crippen molar-refractivity contribution in [3.63, 3.8) is 0 Å². The van der Waals surface area contributed by atoms with E-state index < -0.39 is 33.4 Å². The van der Waals surface area contributed by atoms with Gasteiger partial charge in [0.05, 0.1) is 41.5 Å². The molecule has 40 heavy (non-hydrogen) atoms. The van der Waals surface area contributed by atoms with Crippen LogP contribution in [0.25, 0.3) is 10.9 Å². The number of methoxy groups -OCH3 is 1. The molecule has 10 nitrogen and oxygen atoms in total. The predicted molar refractivity (Wildman–Crippen MR) is 144 cm³/mol. The number of hydrogen-bond acceptors (Lipinski definition) is 7. The lowest BCUT2D eigenvalue weighted by Crippen LogP contribution is -2.18. The molecule has 14 heteroatoms. The number of sulfonamides is 1. The molecule has 0 fully saturated rings. The number of aromatic nitrogens is 2. The van der Waals surface area contributed by atoms with Crippen molar-refractivity contribution in [3.05, 3.63) is 71.7 Å². The number of halogens is 3. The van der Waals surface area contributed by atoms with Gasteiger partial charge in [-0.1, -0.05) is 12.1 Å². The number of carbonyl (C=O) groups excluding carboxylic acids is 1. The highest BCUT2D eigenvalue weighted by molar-refractivity contribution is 7.92. The largest absolute Gasteiger partial charge is 0.492 e. The minimum Gasteiger partial charge on any atom is -0.492 e. The van der Waals surface area contributed by atoms with Crippen molar-refractivity contribution < 1.29 is 35.9 Å². The molecule has 0 aliphatic rings. The van der Waals surface area contributed by atoms with Gasteiger partial charge >= 0.3 is 6.18 Å². The smallest absolute Gasteiger partial charge is 0.416 e. The number of anilines is 2. The summed E-state index contributed by atoms with van der Waals surface area (Å²) in [6.45, 7) is 0.538. The molecule has 0 saturated carbocycles. The van der Waals surface area contributed by atoms with Crippen molar-refractivity contribution in [3.8, 4) is 17.2 Å². The number of aryl methyl sites for hydroxylation is 1. The summed E-state index contributed by atoms with van der Waals surface area (Å²) in [5.41, 5.74) is -0.595. The lowest BCUT2D eigenvalue weighted by molar-refractivity contribution is -0.137. The Kier molecular flexibility index (Phi) is 7.93. The number of carbonyl (C=O) groups is 1. The summed E-state index contributed by atoms with van der Waals surface area (Å²) in [6, 6.07) is 11.5. The van der Waals surface area contributed by atoms with E-state index in [2.05, 4.69) is 15.6 Å². The van der Waals surface area contributed by atoms with Crippen molar-refractivity contribution in [2.45, 2.75) is 12.7 Å². The first-order chi connectivity index (χ1) is 18.8. The fourth-order valence-corrected chi connectivity index (χ4v) is 4.72. The van der Waals surface area contributed by atoms with E-state index in [1.165, 1.54) is 0 Å². The van der Waals surface area contributed by atoms with Crippen LogP contribution in [0.5, 0.6) is 17.2 Å². The summed E-state index contributed by atoms with van der Waals surface area (Å²) in [5.74, 6) is -0.0751. The van der Waals surface area contributed by atoms with E-state index in [1.54, 1.807) is 61.3 Å². The zero-order chi connectivity index (χ0) is 29.2. The Morgan fingerprint density at radius 3 is 2.48 bits per heavy atom. The van der Waals surface area contributed by atoms with Gasteiger partial charge in [-0.25, -0.2) is 8.42 Å². The minimum absolute atomic E-state index is 0.105. The summed E-state index contributed by atoms with van der Waals surface area (Å²) in [7, 11) is 0.591. The Balaban J connectivity index is 1.73. The standard InChI is InChI=1S/C26H26F3N5O5S/c1-30-14-17-13-18(8-9-31-17)39-22-7-5-6-15-10-21(34(2)23(15)22)25(35)32-19-11-16(26(27,28)29)12-20(24(19)38-3)33-40(4,36)37/h5-13,30,33H,14H2,1-4H3,(H,32,35). The molecule has 0 radical (unpaired) electrons. The van der Waals surface area contributed by atoms with Crippen LogP contribution >= 0.6 is 0 Å². The SMILES string of the molecule is CNCc1cc(Oc2cccc3cc(C(=O)Nc4cc(C(F)(F)F)cc(NS(C)(=O)=O)c4OC)n(C)c23)ccn1. The predicted octanol–water partition coefficient (Wildman–Crippen LogP) is 4.74. The van der Waals surface area contributed by atoms with Crippen LogP contribution in [0.15, 0.2) is 54.7 Å². The van der Waals surface area contributed by atoms with Crippen molar-refractivity contribution >= 4 is 38.2 Å². The number of alkyl halides is 3. The van der Waals surface area contributed by atoms with Crippen molar-refractivity contribution in [1.29, 1.82) is 0 Å². The van der Waals surface area contributed by atoms with Gasteiger partial charge in [0.15, 0.2) is 11.5 Å². The number of amides is 1. The summed E-state index contributed by atoms with van der Waals surface area (Å²) in [6.07, 6.45) is -2.43. The van der Waals surface area contributed by atoms with Gasteiger partial charge in [0, 0.05) is 31.2 Å². The highest BCUT2D eigenvalue weighted by atomic mass is 32.2. The van der Waals surface area contributed by atoms with Crippen LogP contribution in [0, 0.1) is 0 Å². The van der Waals surface area contributed by atoms with E-state index >= 15 is 0 Å². The fraction of sp³-hybridized carbons (Fsp3) is 0.231. The summed E-state index contributed by atoms with van der Waals surface area (Å²) < 4.78 is 79.2. The molecule has 2 aromatic carbocycles. The zero-order valence-corrected chi connectivity index (χ0v) is 22.7.